The lowest BCUT2D eigenvalue weighted by Crippen LogP contribution is -2.26. The largest absolute Gasteiger partial charge is 0.508 e. The number of ether oxygens (including phenoxy) is 3. The van der Waals surface area contributed by atoms with Crippen LogP contribution in [0.25, 0.3) is 0 Å². The second-order valence-electron chi connectivity index (χ2n) is 6.70. The van der Waals surface area contributed by atoms with Gasteiger partial charge in [0.1, 0.15) is 11.5 Å². The van der Waals surface area contributed by atoms with Crippen molar-refractivity contribution in [1.29, 1.82) is 0 Å². The number of phenols is 1. The maximum absolute atomic E-state index is 10.3. The van der Waals surface area contributed by atoms with E-state index >= 15 is 0 Å². The van der Waals surface area contributed by atoms with E-state index in [9.17, 15) is 5.11 Å². The van der Waals surface area contributed by atoms with E-state index in [0.717, 1.165) is 54.3 Å². The number of methoxy groups -OCH3 is 3. The smallest absolute Gasteiger partial charge is 0.161 e. The van der Waals surface area contributed by atoms with Crippen molar-refractivity contribution in [2.75, 3.05) is 34.4 Å². The van der Waals surface area contributed by atoms with Crippen molar-refractivity contribution in [2.45, 2.75) is 26.3 Å². The fourth-order valence-corrected chi connectivity index (χ4v) is 3.56. The second kappa shape index (κ2) is 7.87. The van der Waals surface area contributed by atoms with Gasteiger partial charge in [0.05, 0.1) is 21.3 Å². The van der Waals surface area contributed by atoms with Gasteiger partial charge in [0.25, 0.3) is 0 Å². The molecule has 140 valence electrons. The average Bonchev–Trinajstić information content (AvgIpc) is 2.84. The van der Waals surface area contributed by atoms with Gasteiger partial charge in [-0.1, -0.05) is 0 Å². The molecular formula is C21H27NO4. The first-order chi connectivity index (χ1) is 12.5. The van der Waals surface area contributed by atoms with Gasteiger partial charge in [-0.2, -0.15) is 0 Å². The molecule has 3 rings (SSSR count). The molecule has 0 saturated carbocycles. The first-order valence-electron chi connectivity index (χ1n) is 8.88. The summed E-state index contributed by atoms with van der Waals surface area (Å²) in [5.41, 5.74) is 4.44. The molecule has 5 heteroatoms. The molecule has 1 aliphatic heterocycles. The van der Waals surface area contributed by atoms with Gasteiger partial charge in [0, 0.05) is 25.2 Å². The van der Waals surface area contributed by atoms with Gasteiger partial charge in [-0.25, -0.2) is 0 Å². The Bertz CT molecular complexity index is 753. The molecule has 0 aromatic heterocycles. The normalized spacial score (nSPS) is 14.5. The highest BCUT2D eigenvalue weighted by Crippen LogP contribution is 2.33. The van der Waals surface area contributed by atoms with Crippen molar-refractivity contribution in [3.05, 3.63) is 46.5 Å². The minimum atomic E-state index is 0.327. The minimum absolute atomic E-state index is 0.327. The van der Waals surface area contributed by atoms with E-state index in [1.807, 2.05) is 13.0 Å². The number of benzene rings is 2. The fourth-order valence-electron chi connectivity index (χ4n) is 3.56. The van der Waals surface area contributed by atoms with E-state index in [2.05, 4.69) is 17.0 Å². The number of hydrogen-bond acceptors (Lipinski definition) is 5. The van der Waals surface area contributed by atoms with E-state index in [0.29, 0.717) is 12.3 Å². The van der Waals surface area contributed by atoms with Crippen molar-refractivity contribution >= 4 is 0 Å². The van der Waals surface area contributed by atoms with Crippen molar-refractivity contribution in [1.82, 2.24) is 4.90 Å². The minimum Gasteiger partial charge on any atom is -0.508 e. The third-order valence-electron chi connectivity index (χ3n) is 5.09. The Kier molecular flexibility index (Phi) is 5.57. The summed E-state index contributed by atoms with van der Waals surface area (Å²) >= 11 is 0. The van der Waals surface area contributed by atoms with Gasteiger partial charge >= 0.3 is 0 Å². The Labute approximate surface area is 155 Å². The lowest BCUT2D eigenvalue weighted by molar-refractivity contribution is 0.274. The van der Waals surface area contributed by atoms with E-state index in [1.54, 1.807) is 27.4 Å². The van der Waals surface area contributed by atoms with Gasteiger partial charge < -0.3 is 19.3 Å². The first-order valence-corrected chi connectivity index (χ1v) is 8.88. The number of fused-ring (bicyclic) bond motifs is 1. The van der Waals surface area contributed by atoms with Crippen LogP contribution in [0.2, 0.25) is 0 Å². The van der Waals surface area contributed by atoms with E-state index in [-0.39, 0.29) is 0 Å². The summed E-state index contributed by atoms with van der Waals surface area (Å²) in [6.45, 7) is 4.49. The molecule has 0 saturated heterocycles. The molecule has 1 heterocycles. The summed E-state index contributed by atoms with van der Waals surface area (Å²) in [6.07, 6.45) is 1.89. The molecule has 0 bridgehead atoms. The van der Waals surface area contributed by atoms with Gasteiger partial charge in [-0.05, 0) is 60.7 Å². The molecule has 1 aliphatic rings. The van der Waals surface area contributed by atoms with E-state index in [4.69, 9.17) is 14.2 Å². The van der Waals surface area contributed by atoms with Gasteiger partial charge in [0.15, 0.2) is 11.5 Å². The Morgan fingerprint density at radius 2 is 1.38 bits per heavy atom. The van der Waals surface area contributed by atoms with Crippen LogP contribution < -0.4 is 14.2 Å². The SMILES string of the molecule is COc1cc(CN2CCc3cc(OC)c(OC)cc3CC2)c(O)cc1C. The Balaban J connectivity index is 1.77. The summed E-state index contributed by atoms with van der Waals surface area (Å²) in [4.78, 5) is 2.36. The summed E-state index contributed by atoms with van der Waals surface area (Å²) in [5, 5.41) is 10.3. The zero-order valence-corrected chi connectivity index (χ0v) is 16.0. The van der Waals surface area contributed by atoms with Crippen LogP contribution in [0.1, 0.15) is 22.3 Å². The molecule has 5 nitrogen and oxygen atoms in total. The van der Waals surface area contributed by atoms with E-state index < -0.39 is 0 Å². The lowest BCUT2D eigenvalue weighted by Gasteiger charge is -2.21. The predicted molar refractivity (Wildman–Crippen MR) is 102 cm³/mol. The maximum Gasteiger partial charge on any atom is 0.161 e. The van der Waals surface area contributed by atoms with Crippen LogP contribution in [0.5, 0.6) is 23.0 Å². The molecular weight excluding hydrogens is 330 g/mol. The lowest BCUT2D eigenvalue weighted by atomic mass is 10.0. The highest BCUT2D eigenvalue weighted by atomic mass is 16.5. The van der Waals surface area contributed by atoms with Crippen LogP contribution in [0, 0.1) is 6.92 Å². The molecule has 0 amide bonds. The van der Waals surface area contributed by atoms with Crippen LogP contribution in [-0.4, -0.2) is 44.4 Å². The zero-order valence-electron chi connectivity index (χ0n) is 16.0. The maximum atomic E-state index is 10.3. The number of rotatable bonds is 5. The Hall–Kier alpha value is -2.40. The highest BCUT2D eigenvalue weighted by Gasteiger charge is 2.19. The van der Waals surface area contributed by atoms with Crippen molar-refractivity contribution in [3.8, 4) is 23.0 Å². The van der Waals surface area contributed by atoms with Crippen molar-refractivity contribution < 1.29 is 19.3 Å². The van der Waals surface area contributed by atoms with Crippen LogP contribution in [0.3, 0.4) is 0 Å². The molecule has 2 aromatic carbocycles. The number of hydrogen-bond donors (Lipinski definition) is 1. The molecule has 2 aromatic rings. The molecule has 0 unspecified atom stereocenters. The van der Waals surface area contributed by atoms with Gasteiger partial charge in [0.2, 0.25) is 0 Å². The second-order valence-corrected chi connectivity index (χ2v) is 6.70. The quantitative estimate of drug-likeness (QED) is 0.890. The van der Waals surface area contributed by atoms with Crippen LogP contribution >= 0.6 is 0 Å². The van der Waals surface area contributed by atoms with Gasteiger partial charge in [-0.3, -0.25) is 4.90 Å². The molecule has 0 fully saturated rings. The topological polar surface area (TPSA) is 51.2 Å². The van der Waals surface area contributed by atoms with Crippen LogP contribution in [0.4, 0.5) is 0 Å². The first kappa shape index (κ1) is 18.4. The fraction of sp³-hybridized carbons (Fsp3) is 0.429. The third kappa shape index (κ3) is 3.73. The summed E-state index contributed by atoms with van der Waals surface area (Å²) in [6, 6.07) is 7.89. The highest BCUT2D eigenvalue weighted by molar-refractivity contribution is 5.48. The number of nitrogens with zero attached hydrogens (tertiary/aromatic N) is 1. The van der Waals surface area contributed by atoms with Crippen LogP contribution in [0.15, 0.2) is 24.3 Å². The standard InChI is InChI=1S/C21H27NO4/c1-14-9-18(23)17(12-19(14)24-2)13-22-7-5-15-10-20(25-3)21(26-4)11-16(15)6-8-22/h9-12,23H,5-8,13H2,1-4H3. The molecule has 26 heavy (non-hydrogen) atoms. The number of phenolic OH excluding ortho intramolecular Hbond substituents is 1. The third-order valence-corrected chi connectivity index (χ3v) is 5.09. The Morgan fingerprint density at radius 3 is 1.88 bits per heavy atom. The predicted octanol–water partition coefficient (Wildman–Crippen LogP) is 3.33. The van der Waals surface area contributed by atoms with Crippen LogP contribution in [-0.2, 0) is 19.4 Å². The monoisotopic (exact) mass is 357 g/mol. The molecule has 0 aliphatic carbocycles. The van der Waals surface area contributed by atoms with Crippen molar-refractivity contribution in [2.24, 2.45) is 0 Å². The Morgan fingerprint density at radius 1 is 0.846 bits per heavy atom. The van der Waals surface area contributed by atoms with Crippen molar-refractivity contribution in [3.63, 3.8) is 0 Å². The zero-order chi connectivity index (χ0) is 18.7. The number of aryl methyl sites for hydroxylation is 1. The number of aromatic hydroxyl groups is 1. The molecule has 0 spiro atoms. The molecule has 0 radical (unpaired) electrons. The summed E-state index contributed by atoms with van der Waals surface area (Å²) in [7, 11) is 4.99. The van der Waals surface area contributed by atoms with E-state index in [1.165, 1.54) is 11.1 Å². The average molecular weight is 357 g/mol. The summed E-state index contributed by atoms with van der Waals surface area (Å²) < 4.78 is 16.3. The van der Waals surface area contributed by atoms with Gasteiger partial charge in [-0.15, -0.1) is 0 Å². The molecule has 1 N–H and O–H groups in total. The summed E-state index contributed by atoms with van der Waals surface area (Å²) in [5.74, 6) is 2.69. The molecule has 0 atom stereocenters.